The van der Waals surface area contributed by atoms with E-state index >= 15 is 0 Å². The summed E-state index contributed by atoms with van der Waals surface area (Å²) in [5.74, 6) is 0.303. The molecule has 0 spiro atoms. The number of aromatic amines is 1. The Labute approximate surface area is 199 Å². The van der Waals surface area contributed by atoms with Crippen molar-refractivity contribution in [2.45, 2.75) is 19.8 Å². The first-order valence-electron chi connectivity index (χ1n) is 9.78. The largest absolute Gasteiger partial charge is 0.351 e. The summed E-state index contributed by atoms with van der Waals surface area (Å²) in [6.45, 7) is 4.49. The van der Waals surface area contributed by atoms with Gasteiger partial charge in [-0.2, -0.15) is 0 Å². The van der Waals surface area contributed by atoms with Crippen LogP contribution in [0.2, 0.25) is 10.0 Å². The molecular formula is C24H20BrCl2N3O. The van der Waals surface area contributed by atoms with Crippen LogP contribution in [0.15, 0.2) is 59.1 Å². The number of hydrogen-bond donors (Lipinski definition) is 2. The lowest BCUT2D eigenvalue weighted by atomic mass is 9.98. The van der Waals surface area contributed by atoms with Crippen LogP contribution in [0, 0.1) is 13.8 Å². The number of aryl methyl sites for hydroxylation is 2. The van der Waals surface area contributed by atoms with Crippen molar-refractivity contribution in [2.75, 3.05) is 6.54 Å². The Morgan fingerprint density at radius 1 is 1.06 bits per heavy atom. The number of rotatable bonds is 5. The predicted molar refractivity (Wildman–Crippen MR) is 130 cm³/mol. The fourth-order valence-electron chi connectivity index (χ4n) is 3.55. The zero-order valence-corrected chi connectivity index (χ0v) is 20.1. The highest BCUT2D eigenvalue weighted by Gasteiger charge is 2.22. The summed E-state index contributed by atoms with van der Waals surface area (Å²) < 4.78 is 0.717. The van der Waals surface area contributed by atoms with Crippen LogP contribution in [-0.4, -0.2) is 22.4 Å². The summed E-state index contributed by atoms with van der Waals surface area (Å²) in [6, 6.07) is 17.5. The third-order valence-electron chi connectivity index (χ3n) is 5.35. The van der Waals surface area contributed by atoms with Crippen molar-refractivity contribution in [3.05, 3.63) is 97.2 Å². The molecule has 0 saturated heterocycles. The summed E-state index contributed by atoms with van der Waals surface area (Å²) >= 11 is 15.9. The van der Waals surface area contributed by atoms with Gasteiger partial charge in [-0.1, -0.05) is 69.5 Å². The molecule has 31 heavy (non-hydrogen) atoms. The second-order valence-corrected chi connectivity index (χ2v) is 9.22. The number of amides is 1. The molecule has 0 saturated carbocycles. The summed E-state index contributed by atoms with van der Waals surface area (Å²) in [4.78, 5) is 21.2. The monoisotopic (exact) mass is 515 g/mol. The van der Waals surface area contributed by atoms with Gasteiger partial charge in [-0.25, -0.2) is 4.98 Å². The van der Waals surface area contributed by atoms with Gasteiger partial charge in [-0.15, -0.1) is 0 Å². The number of nitrogens with zero attached hydrogens (tertiary/aromatic N) is 1. The Balaban J connectivity index is 1.67. The number of hydrogen-bond acceptors (Lipinski definition) is 2. The van der Waals surface area contributed by atoms with Gasteiger partial charge in [-0.3, -0.25) is 4.79 Å². The Hall–Kier alpha value is -2.34. The second-order valence-electron chi connectivity index (χ2n) is 7.49. The maximum Gasteiger partial charge on any atom is 0.254 e. The van der Waals surface area contributed by atoms with Crippen molar-refractivity contribution in [1.29, 1.82) is 0 Å². The van der Waals surface area contributed by atoms with Crippen molar-refractivity contribution >= 4 is 56.1 Å². The lowest BCUT2D eigenvalue weighted by molar-refractivity contribution is 0.0952. The Bertz CT molecular complexity index is 1210. The van der Waals surface area contributed by atoms with Crippen LogP contribution in [0.25, 0.3) is 11.0 Å². The molecule has 4 rings (SSSR count). The highest BCUT2D eigenvalue weighted by atomic mass is 79.9. The van der Waals surface area contributed by atoms with E-state index in [-0.39, 0.29) is 17.4 Å². The quantitative estimate of drug-likeness (QED) is 0.306. The number of aromatic nitrogens is 2. The van der Waals surface area contributed by atoms with Crippen LogP contribution in [0.1, 0.15) is 38.8 Å². The first-order chi connectivity index (χ1) is 14.8. The summed E-state index contributed by atoms with van der Waals surface area (Å²) in [6.07, 6.45) is 0. The highest BCUT2D eigenvalue weighted by Crippen LogP contribution is 2.30. The van der Waals surface area contributed by atoms with E-state index in [0.717, 1.165) is 22.4 Å². The maximum atomic E-state index is 12.9. The van der Waals surface area contributed by atoms with E-state index in [1.165, 1.54) is 11.1 Å². The Morgan fingerprint density at radius 2 is 1.71 bits per heavy atom. The molecule has 4 aromatic rings. The van der Waals surface area contributed by atoms with Gasteiger partial charge in [0.2, 0.25) is 0 Å². The molecule has 7 heteroatoms. The maximum absolute atomic E-state index is 12.9. The van der Waals surface area contributed by atoms with Crippen LogP contribution in [-0.2, 0) is 0 Å². The molecular weight excluding hydrogens is 497 g/mol. The summed E-state index contributed by atoms with van der Waals surface area (Å²) in [5.41, 5.74) is 5.58. The topological polar surface area (TPSA) is 57.8 Å². The predicted octanol–water partition coefficient (Wildman–Crippen LogP) is 6.81. The minimum atomic E-state index is -0.328. The van der Waals surface area contributed by atoms with Crippen molar-refractivity contribution in [3.8, 4) is 0 Å². The first-order valence-corrected chi connectivity index (χ1v) is 11.3. The summed E-state index contributed by atoms with van der Waals surface area (Å²) in [7, 11) is 0. The number of imidazole rings is 1. The van der Waals surface area contributed by atoms with Gasteiger partial charge in [0.15, 0.2) is 0 Å². The fourth-order valence-corrected chi connectivity index (χ4v) is 4.93. The first kappa shape index (κ1) is 21.9. The van der Waals surface area contributed by atoms with Crippen LogP contribution in [0.4, 0.5) is 0 Å². The second kappa shape index (κ2) is 9.03. The van der Waals surface area contributed by atoms with E-state index < -0.39 is 0 Å². The molecule has 0 aliphatic heterocycles. The van der Waals surface area contributed by atoms with Crippen LogP contribution >= 0.6 is 39.1 Å². The minimum absolute atomic E-state index is 0.161. The molecule has 0 bridgehead atoms. The molecule has 1 unspecified atom stereocenters. The number of benzene rings is 3. The molecule has 158 valence electrons. The van der Waals surface area contributed by atoms with E-state index in [4.69, 9.17) is 28.2 Å². The van der Waals surface area contributed by atoms with Gasteiger partial charge in [-0.05, 0) is 54.8 Å². The number of nitrogens with one attached hydrogen (secondary N) is 2. The number of carbonyl (C=O) groups is 1. The standard InChI is InChI=1S/C24H20BrCl2N3O/c1-13-8-20-21(9-14(13)2)30-23(29-20)17(15-6-4-3-5-7-15)12-28-24(31)22-18(26)10-16(25)11-19(22)27/h3-11,17H,12H2,1-2H3,(H,28,31)(H,29,30). The van der Waals surface area contributed by atoms with Gasteiger partial charge < -0.3 is 10.3 Å². The van der Waals surface area contributed by atoms with Crippen LogP contribution in [0.3, 0.4) is 0 Å². The van der Waals surface area contributed by atoms with Crippen molar-refractivity contribution in [3.63, 3.8) is 0 Å². The number of carbonyl (C=O) groups excluding carboxylic acids is 1. The van der Waals surface area contributed by atoms with E-state index in [1.54, 1.807) is 12.1 Å². The molecule has 3 aromatic carbocycles. The molecule has 1 amide bonds. The Morgan fingerprint density at radius 3 is 2.39 bits per heavy atom. The molecule has 1 aromatic heterocycles. The molecule has 0 aliphatic carbocycles. The van der Waals surface area contributed by atoms with Crippen molar-refractivity contribution in [2.24, 2.45) is 0 Å². The van der Waals surface area contributed by atoms with Gasteiger partial charge >= 0.3 is 0 Å². The van der Waals surface area contributed by atoms with Gasteiger partial charge in [0.25, 0.3) is 5.91 Å². The molecule has 2 N–H and O–H groups in total. The molecule has 1 heterocycles. The van der Waals surface area contributed by atoms with Gasteiger partial charge in [0.05, 0.1) is 32.6 Å². The third-order valence-corrected chi connectivity index (χ3v) is 6.40. The lowest BCUT2D eigenvalue weighted by Crippen LogP contribution is -2.29. The summed E-state index contributed by atoms with van der Waals surface area (Å²) in [5, 5.41) is 3.57. The van der Waals surface area contributed by atoms with E-state index in [2.05, 4.69) is 52.2 Å². The SMILES string of the molecule is Cc1cc2nc(C(CNC(=O)c3c(Cl)cc(Br)cc3Cl)c3ccccc3)[nH]c2cc1C. The van der Waals surface area contributed by atoms with Gasteiger partial charge in [0.1, 0.15) is 5.82 Å². The van der Waals surface area contributed by atoms with E-state index in [9.17, 15) is 4.79 Å². The van der Waals surface area contributed by atoms with E-state index in [0.29, 0.717) is 21.1 Å². The normalized spacial score (nSPS) is 12.2. The number of halogens is 3. The average Bonchev–Trinajstić information content (AvgIpc) is 3.10. The molecule has 1 atom stereocenters. The highest BCUT2D eigenvalue weighted by molar-refractivity contribution is 9.10. The van der Waals surface area contributed by atoms with Crippen molar-refractivity contribution in [1.82, 2.24) is 15.3 Å². The number of H-pyrrole nitrogens is 1. The van der Waals surface area contributed by atoms with Crippen molar-refractivity contribution < 1.29 is 4.79 Å². The molecule has 0 radical (unpaired) electrons. The lowest BCUT2D eigenvalue weighted by Gasteiger charge is -2.17. The Kier molecular flexibility index (Phi) is 6.37. The van der Waals surface area contributed by atoms with E-state index in [1.807, 2.05) is 30.3 Å². The molecule has 4 nitrogen and oxygen atoms in total. The number of fused-ring (bicyclic) bond motifs is 1. The average molecular weight is 517 g/mol. The fraction of sp³-hybridized carbons (Fsp3) is 0.167. The van der Waals surface area contributed by atoms with Crippen LogP contribution < -0.4 is 5.32 Å². The molecule has 0 aliphatic rings. The zero-order chi connectivity index (χ0) is 22.1. The smallest absolute Gasteiger partial charge is 0.254 e. The van der Waals surface area contributed by atoms with Crippen LogP contribution in [0.5, 0.6) is 0 Å². The third kappa shape index (κ3) is 4.64. The van der Waals surface area contributed by atoms with Gasteiger partial charge in [0, 0.05) is 11.0 Å². The zero-order valence-electron chi connectivity index (χ0n) is 17.0. The molecule has 0 fully saturated rings. The minimum Gasteiger partial charge on any atom is -0.351 e.